The van der Waals surface area contributed by atoms with Gasteiger partial charge in [0.15, 0.2) is 0 Å². The van der Waals surface area contributed by atoms with Crippen molar-refractivity contribution in [2.24, 2.45) is 5.92 Å². The summed E-state index contributed by atoms with van der Waals surface area (Å²) < 4.78 is 0. The van der Waals surface area contributed by atoms with Crippen LogP contribution < -0.4 is 0 Å². The Morgan fingerprint density at radius 1 is 1.38 bits per heavy atom. The third kappa shape index (κ3) is 4.17. The first-order valence-electron chi connectivity index (χ1n) is 5.45. The zero-order valence-electron chi connectivity index (χ0n) is 8.55. The third-order valence-electron chi connectivity index (χ3n) is 2.76. The number of hydrogen-bond acceptors (Lipinski definition) is 2. The van der Waals surface area contributed by atoms with E-state index < -0.39 is 0 Å². The smallest absolute Gasteiger partial charge is 0.136 e. The molecule has 2 heteroatoms. The molecule has 13 heavy (non-hydrogen) atoms. The average molecular weight is 202 g/mol. The number of hydrogen-bond donors (Lipinski definition) is 0. The summed E-state index contributed by atoms with van der Waals surface area (Å²) in [5.74, 6) is 3.12. The van der Waals surface area contributed by atoms with Crippen molar-refractivity contribution in [1.29, 1.82) is 0 Å². The summed E-state index contributed by atoms with van der Waals surface area (Å²) in [5.41, 5.74) is 0. The zero-order valence-corrected chi connectivity index (χ0v) is 9.37. The van der Waals surface area contributed by atoms with Crippen LogP contribution in [0, 0.1) is 5.92 Å². The van der Waals surface area contributed by atoms with E-state index in [2.05, 4.69) is 6.92 Å². The summed E-state index contributed by atoms with van der Waals surface area (Å²) >= 11 is 1.88. The van der Waals surface area contributed by atoms with Crippen LogP contribution in [-0.2, 0) is 4.79 Å². The lowest BCUT2D eigenvalue weighted by Crippen LogP contribution is -2.18. The summed E-state index contributed by atoms with van der Waals surface area (Å²) in [6.45, 7) is 2.15. The molecule has 0 aliphatic heterocycles. The van der Waals surface area contributed by atoms with Crippen molar-refractivity contribution in [2.75, 3.05) is 11.5 Å². The van der Waals surface area contributed by atoms with Crippen molar-refractivity contribution in [1.82, 2.24) is 0 Å². The number of carbonyl (C=O) groups is 1. The second-order valence-corrected chi connectivity index (χ2v) is 5.14. The molecule has 1 aliphatic carbocycles. The molecule has 0 spiro atoms. The van der Waals surface area contributed by atoms with Gasteiger partial charge in [0.25, 0.3) is 0 Å². The van der Waals surface area contributed by atoms with Gasteiger partial charge >= 0.3 is 0 Å². The van der Waals surface area contributed by atoms with E-state index in [-0.39, 0.29) is 1.43 Å². The number of rotatable bonds is 5. The lowest BCUT2D eigenvalue weighted by molar-refractivity contribution is -0.123. The molecular formula is C11H22OS. The Bertz CT molecular complexity index is 155. The van der Waals surface area contributed by atoms with Crippen molar-refractivity contribution in [3.8, 4) is 0 Å². The normalized spacial score (nSPS) is 18.8. The Morgan fingerprint density at radius 2 is 2.08 bits per heavy atom. The van der Waals surface area contributed by atoms with Gasteiger partial charge in [-0.25, -0.2) is 0 Å². The van der Waals surface area contributed by atoms with Crippen molar-refractivity contribution < 1.29 is 6.22 Å². The highest BCUT2D eigenvalue weighted by molar-refractivity contribution is 7.99. The molecule has 78 valence electrons. The monoisotopic (exact) mass is 202 g/mol. The molecular weight excluding hydrogens is 180 g/mol. The van der Waals surface area contributed by atoms with Crippen LogP contribution in [0.5, 0.6) is 0 Å². The number of thioether (sulfide) groups is 1. The van der Waals surface area contributed by atoms with Crippen LogP contribution in [0.1, 0.15) is 46.9 Å². The zero-order chi connectivity index (χ0) is 9.52. The van der Waals surface area contributed by atoms with Crippen LogP contribution in [0.4, 0.5) is 0 Å². The first-order chi connectivity index (χ1) is 6.34. The van der Waals surface area contributed by atoms with Gasteiger partial charge < -0.3 is 0 Å². The molecule has 0 saturated heterocycles. The van der Waals surface area contributed by atoms with Crippen LogP contribution in [0.15, 0.2) is 0 Å². The SMILES string of the molecule is CCSCCC(=O)C1CCCCC1.[HH]. The van der Waals surface area contributed by atoms with Gasteiger partial charge in [-0.1, -0.05) is 26.2 Å². The Hall–Kier alpha value is 0.0200. The fourth-order valence-corrected chi connectivity index (χ4v) is 2.58. The van der Waals surface area contributed by atoms with E-state index in [0.717, 1.165) is 30.8 Å². The second-order valence-electron chi connectivity index (χ2n) is 3.75. The molecule has 0 aromatic carbocycles. The highest BCUT2D eigenvalue weighted by Crippen LogP contribution is 2.25. The van der Waals surface area contributed by atoms with Crippen molar-refractivity contribution in [3.05, 3.63) is 0 Å². The van der Waals surface area contributed by atoms with Crippen LogP contribution >= 0.6 is 11.8 Å². The maximum absolute atomic E-state index is 11.7. The molecule has 0 aromatic heterocycles. The standard InChI is InChI=1S/C11H20OS.H2/c1-2-13-9-8-11(12)10-6-4-3-5-7-10;/h10H,2-9H2,1H3;1H. The van der Waals surface area contributed by atoms with Crippen LogP contribution in [0.3, 0.4) is 0 Å². The van der Waals surface area contributed by atoms with E-state index in [9.17, 15) is 4.79 Å². The van der Waals surface area contributed by atoms with E-state index in [1.165, 1.54) is 19.3 Å². The van der Waals surface area contributed by atoms with Gasteiger partial charge in [-0.3, -0.25) is 4.79 Å². The van der Waals surface area contributed by atoms with Gasteiger partial charge in [-0.2, -0.15) is 11.8 Å². The highest BCUT2D eigenvalue weighted by Gasteiger charge is 2.19. The number of ketones is 1. The number of Topliss-reactive ketones (excluding diaryl/α,β-unsaturated/α-hetero) is 1. The summed E-state index contributed by atoms with van der Waals surface area (Å²) in [5, 5.41) is 0. The Kier molecular flexibility index (Phi) is 5.52. The quantitative estimate of drug-likeness (QED) is 0.634. The van der Waals surface area contributed by atoms with E-state index in [0.29, 0.717) is 11.7 Å². The summed E-state index contributed by atoms with van der Waals surface area (Å²) in [4.78, 5) is 11.7. The predicted octanol–water partition coefficient (Wildman–Crippen LogP) is 3.53. The summed E-state index contributed by atoms with van der Waals surface area (Å²) in [6.07, 6.45) is 7.02. The Balaban J connectivity index is 0.00000169. The molecule has 1 rings (SSSR count). The molecule has 0 radical (unpaired) electrons. The first kappa shape index (κ1) is 11.1. The summed E-state index contributed by atoms with van der Waals surface area (Å²) in [7, 11) is 0. The lowest BCUT2D eigenvalue weighted by atomic mass is 9.85. The second kappa shape index (κ2) is 6.47. The third-order valence-corrected chi connectivity index (χ3v) is 3.66. The van der Waals surface area contributed by atoms with Crippen molar-refractivity contribution >= 4 is 17.5 Å². The molecule has 0 unspecified atom stereocenters. The van der Waals surface area contributed by atoms with Gasteiger partial charge in [0, 0.05) is 19.5 Å². The molecule has 1 nitrogen and oxygen atoms in total. The molecule has 0 bridgehead atoms. The van der Waals surface area contributed by atoms with E-state index >= 15 is 0 Å². The fourth-order valence-electron chi connectivity index (χ4n) is 1.95. The molecule has 1 saturated carbocycles. The van der Waals surface area contributed by atoms with Gasteiger partial charge in [-0.05, 0) is 18.6 Å². The maximum Gasteiger partial charge on any atom is 0.136 e. The van der Waals surface area contributed by atoms with Crippen molar-refractivity contribution in [3.63, 3.8) is 0 Å². The molecule has 0 amide bonds. The molecule has 1 aliphatic rings. The van der Waals surface area contributed by atoms with E-state index in [1.807, 2.05) is 11.8 Å². The molecule has 0 heterocycles. The number of carbonyl (C=O) groups excluding carboxylic acids is 1. The van der Waals surface area contributed by atoms with E-state index in [4.69, 9.17) is 0 Å². The average Bonchev–Trinajstić information content (AvgIpc) is 2.19. The lowest BCUT2D eigenvalue weighted by Gasteiger charge is -2.19. The topological polar surface area (TPSA) is 17.1 Å². The minimum absolute atomic E-state index is 0. The predicted molar refractivity (Wildman–Crippen MR) is 61.3 cm³/mol. The summed E-state index contributed by atoms with van der Waals surface area (Å²) in [6, 6.07) is 0. The Labute approximate surface area is 87.2 Å². The first-order valence-corrected chi connectivity index (χ1v) is 6.60. The van der Waals surface area contributed by atoms with Crippen LogP contribution in [0.2, 0.25) is 0 Å². The van der Waals surface area contributed by atoms with Crippen molar-refractivity contribution in [2.45, 2.75) is 45.4 Å². The van der Waals surface area contributed by atoms with E-state index in [1.54, 1.807) is 0 Å². The molecule has 0 N–H and O–H groups in total. The Morgan fingerprint density at radius 3 is 2.69 bits per heavy atom. The van der Waals surface area contributed by atoms with Crippen LogP contribution in [0.25, 0.3) is 0 Å². The largest absolute Gasteiger partial charge is 0.299 e. The van der Waals surface area contributed by atoms with Gasteiger partial charge in [0.2, 0.25) is 0 Å². The van der Waals surface area contributed by atoms with Gasteiger partial charge in [-0.15, -0.1) is 0 Å². The minimum Gasteiger partial charge on any atom is -0.299 e. The highest BCUT2D eigenvalue weighted by atomic mass is 32.2. The molecule has 1 fully saturated rings. The van der Waals surface area contributed by atoms with Gasteiger partial charge in [0.1, 0.15) is 5.78 Å². The molecule has 0 aromatic rings. The molecule has 0 atom stereocenters. The minimum atomic E-state index is 0. The van der Waals surface area contributed by atoms with Gasteiger partial charge in [0.05, 0.1) is 0 Å². The maximum atomic E-state index is 11.7. The van der Waals surface area contributed by atoms with Crippen LogP contribution in [-0.4, -0.2) is 17.3 Å². The fraction of sp³-hybridized carbons (Fsp3) is 0.909.